The molecule has 0 aromatic carbocycles. The van der Waals surface area contributed by atoms with Gasteiger partial charge in [0.1, 0.15) is 0 Å². The average Bonchev–Trinajstić information content (AvgIpc) is 2.86. The Balaban J connectivity index is 1.69. The average molecular weight is 280 g/mol. The van der Waals surface area contributed by atoms with Crippen molar-refractivity contribution in [2.24, 2.45) is 0 Å². The number of amides is 1. The lowest BCUT2D eigenvalue weighted by Gasteiger charge is -2.31. The molecule has 1 saturated carbocycles. The number of nitrogens with one attached hydrogen (secondary N) is 1. The normalized spacial score (nSPS) is 16.8. The fourth-order valence-electron chi connectivity index (χ4n) is 2.69. The number of nitrogens with zero attached hydrogens (tertiary/aromatic N) is 1. The van der Waals surface area contributed by atoms with Gasteiger partial charge >= 0.3 is 0 Å². The topological polar surface area (TPSA) is 32.3 Å². The standard InChI is InChI=1S/C15H24N2OS/c1-12-8-9-14(19-12)15(18)16-10-11-17(2)13-6-4-3-5-7-13/h8-9,13H,3-7,10-11H2,1-2H3,(H,16,18). The van der Waals surface area contributed by atoms with Crippen LogP contribution >= 0.6 is 11.3 Å². The second-order valence-electron chi connectivity index (χ2n) is 5.44. The Hall–Kier alpha value is -0.870. The number of hydrogen-bond acceptors (Lipinski definition) is 3. The molecule has 106 valence electrons. The van der Waals surface area contributed by atoms with E-state index in [0.717, 1.165) is 24.0 Å². The van der Waals surface area contributed by atoms with Crippen LogP contribution in [0.3, 0.4) is 0 Å². The molecule has 0 spiro atoms. The van der Waals surface area contributed by atoms with E-state index < -0.39 is 0 Å². The van der Waals surface area contributed by atoms with Gasteiger partial charge < -0.3 is 10.2 Å². The van der Waals surface area contributed by atoms with Crippen molar-refractivity contribution in [1.29, 1.82) is 0 Å². The summed E-state index contributed by atoms with van der Waals surface area (Å²) in [6, 6.07) is 4.61. The van der Waals surface area contributed by atoms with Gasteiger partial charge in [0.05, 0.1) is 4.88 Å². The predicted molar refractivity (Wildman–Crippen MR) is 80.9 cm³/mol. The third kappa shape index (κ3) is 4.32. The number of carbonyl (C=O) groups is 1. The summed E-state index contributed by atoms with van der Waals surface area (Å²) < 4.78 is 0. The number of rotatable bonds is 5. The summed E-state index contributed by atoms with van der Waals surface area (Å²) in [5, 5.41) is 3.01. The van der Waals surface area contributed by atoms with E-state index in [0.29, 0.717) is 0 Å². The maximum atomic E-state index is 11.9. The van der Waals surface area contributed by atoms with Crippen LogP contribution in [-0.2, 0) is 0 Å². The molecule has 1 aromatic heterocycles. The summed E-state index contributed by atoms with van der Waals surface area (Å²) in [5.74, 6) is 0.0649. The van der Waals surface area contributed by atoms with Gasteiger partial charge in [-0.05, 0) is 38.9 Å². The molecule has 0 atom stereocenters. The molecule has 4 heteroatoms. The van der Waals surface area contributed by atoms with E-state index in [1.54, 1.807) is 11.3 Å². The van der Waals surface area contributed by atoms with Gasteiger partial charge in [-0.25, -0.2) is 0 Å². The minimum atomic E-state index is 0.0649. The minimum Gasteiger partial charge on any atom is -0.350 e. The fraction of sp³-hybridized carbons (Fsp3) is 0.667. The van der Waals surface area contributed by atoms with Gasteiger partial charge in [0.2, 0.25) is 0 Å². The molecule has 1 fully saturated rings. The largest absolute Gasteiger partial charge is 0.350 e. The first kappa shape index (κ1) is 14.5. The van der Waals surface area contributed by atoms with E-state index in [2.05, 4.69) is 17.3 Å². The molecular formula is C15H24N2OS. The molecule has 2 rings (SSSR count). The van der Waals surface area contributed by atoms with Crippen molar-refractivity contribution in [2.45, 2.75) is 45.1 Å². The summed E-state index contributed by atoms with van der Waals surface area (Å²) in [7, 11) is 2.18. The Kier molecular flexibility index (Phi) is 5.40. The monoisotopic (exact) mass is 280 g/mol. The first-order valence-corrected chi connectivity index (χ1v) is 8.03. The van der Waals surface area contributed by atoms with Crippen molar-refractivity contribution in [3.8, 4) is 0 Å². The molecule has 1 aromatic rings. The zero-order chi connectivity index (χ0) is 13.7. The Morgan fingerprint density at radius 2 is 2.11 bits per heavy atom. The Labute approximate surface area is 120 Å². The zero-order valence-electron chi connectivity index (χ0n) is 11.9. The number of likely N-dealkylation sites (N-methyl/N-ethyl adjacent to an activating group) is 1. The molecule has 0 aliphatic heterocycles. The van der Waals surface area contributed by atoms with Crippen LogP contribution < -0.4 is 5.32 Å². The summed E-state index contributed by atoms with van der Waals surface area (Å²) >= 11 is 1.56. The van der Waals surface area contributed by atoms with Gasteiger partial charge in [-0.2, -0.15) is 0 Å². The number of aryl methyl sites for hydroxylation is 1. The van der Waals surface area contributed by atoms with E-state index in [9.17, 15) is 4.79 Å². The summed E-state index contributed by atoms with van der Waals surface area (Å²) in [6.45, 7) is 3.71. The van der Waals surface area contributed by atoms with Gasteiger partial charge in [-0.15, -0.1) is 11.3 Å². The van der Waals surface area contributed by atoms with Crippen molar-refractivity contribution in [3.63, 3.8) is 0 Å². The van der Waals surface area contributed by atoms with E-state index in [-0.39, 0.29) is 5.91 Å². The molecule has 0 unspecified atom stereocenters. The number of carbonyl (C=O) groups excluding carboxylic acids is 1. The van der Waals surface area contributed by atoms with Gasteiger partial charge in [0.25, 0.3) is 5.91 Å². The van der Waals surface area contributed by atoms with E-state index in [1.807, 2.05) is 19.1 Å². The predicted octanol–water partition coefficient (Wildman–Crippen LogP) is 3.05. The Morgan fingerprint density at radius 3 is 2.74 bits per heavy atom. The van der Waals surface area contributed by atoms with E-state index >= 15 is 0 Å². The van der Waals surface area contributed by atoms with Crippen LogP contribution in [0.1, 0.15) is 46.7 Å². The molecule has 0 radical (unpaired) electrons. The molecule has 1 heterocycles. The lowest BCUT2D eigenvalue weighted by molar-refractivity contribution is 0.0948. The highest BCUT2D eigenvalue weighted by Crippen LogP contribution is 2.21. The van der Waals surface area contributed by atoms with E-state index in [4.69, 9.17) is 0 Å². The van der Waals surface area contributed by atoms with Crippen molar-refractivity contribution in [2.75, 3.05) is 20.1 Å². The molecule has 1 N–H and O–H groups in total. The smallest absolute Gasteiger partial charge is 0.261 e. The highest BCUT2D eigenvalue weighted by Gasteiger charge is 2.17. The van der Waals surface area contributed by atoms with Crippen LogP contribution in [-0.4, -0.2) is 37.0 Å². The molecule has 1 aliphatic rings. The van der Waals surface area contributed by atoms with Crippen LogP contribution in [0.5, 0.6) is 0 Å². The van der Waals surface area contributed by atoms with Crippen LogP contribution in [0.15, 0.2) is 12.1 Å². The summed E-state index contributed by atoms with van der Waals surface area (Å²) in [5.41, 5.74) is 0. The van der Waals surface area contributed by atoms with Crippen LogP contribution in [0.4, 0.5) is 0 Å². The Morgan fingerprint density at radius 1 is 1.37 bits per heavy atom. The molecule has 3 nitrogen and oxygen atoms in total. The molecule has 0 saturated heterocycles. The van der Waals surface area contributed by atoms with Crippen molar-refractivity contribution in [3.05, 3.63) is 21.9 Å². The maximum absolute atomic E-state index is 11.9. The highest BCUT2D eigenvalue weighted by molar-refractivity contribution is 7.13. The molecule has 1 amide bonds. The second kappa shape index (κ2) is 7.06. The van der Waals surface area contributed by atoms with Gasteiger partial charge in [-0.3, -0.25) is 4.79 Å². The van der Waals surface area contributed by atoms with Crippen molar-refractivity contribution < 1.29 is 4.79 Å². The van der Waals surface area contributed by atoms with Crippen LogP contribution in [0, 0.1) is 6.92 Å². The van der Waals surface area contributed by atoms with Crippen molar-refractivity contribution >= 4 is 17.2 Å². The lowest BCUT2D eigenvalue weighted by atomic mass is 9.94. The zero-order valence-corrected chi connectivity index (χ0v) is 12.8. The van der Waals surface area contributed by atoms with E-state index in [1.165, 1.54) is 37.0 Å². The molecular weight excluding hydrogens is 256 g/mol. The van der Waals surface area contributed by atoms with Gasteiger partial charge in [-0.1, -0.05) is 19.3 Å². The highest BCUT2D eigenvalue weighted by atomic mass is 32.1. The summed E-state index contributed by atoms with van der Waals surface area (Å²) in [6.07, 6.45) is 6.73. The quantitative estimate of drug-likeness (QED) is 0.899. The third-order valence-corrected chi connectivity index (χ3v) is 4.91. The Bertz CT molecular complexity index is 410. The summed E-state index contributed by atoms with van der Waals surface area (Å²) in [4.78, 5) is 16.3. The third-order valence-electron chi connectivity index (χ3n) is 3.91. The molecule has 0 bridgehead atoms. The van der Waals surface area contributed by atoms with Gasteiger partial charge in [0, 0.05) is 24.0 Å². The fourth-order valence-corrected chi connectivity index (χ4v) is 3.48. The maximum Gasteiger partial charge on any atom is 0.261 e. The number of thiophene rings is 1. The second-order valence-corrected chi connectivity index (χ2v) is 6.73. The SMILES string of the molecule is Cc1ccc(C(=O)NCCN(C)C2CCCCC2)s1. The number of hydrogen-bond donors (Lipinski definition) is 1. The first-order valence-electron chi connectivity index (χ1n) is 7.21. The molecule has 1 aliphatic carbocycles. The van der Waals surface area contributed by atoms with Crippen LogP contribution in [0.25, 0.3) is 0 Å². The molecule has 19 heavy (non-hydrogen) atoms. The van der Waals surface area contributed by atoms with Crippen molar-refractivity contribution in [1.82, 2.24) is 10.2 Å². The van der Waals surface area contributed by atoms with Gasteiger partial charge in [0.15, 0.2) is 0 Å². The minimum absolute atomic E-state index is 0.0649. The first-order chi connectivity index (χ1) is 9.16. The lowest BCUT2D eigenvalue weighted by Crippen LogP contribution is -2.39. The van der Waals surface area contributed by atoms with Crippen LogP contribution in [0.2, 0.25) is 0 Å².